The van der Waals surface area contributed by atoms with Gasteiger partial charge in [0.1, 0.15) is 5.76 Å². The van der Waals surface area contributed by atoms with E-state index in [1.54, 1.807) is 12.3 Å². The van der Waals surface area contributed by atoms with Crippen molar-refractivity contribution < 1.29 is 9.21 Å². The molecule has 0 aliphatic heterocycles. The SMILES string of the molecule is CCc1occc1C(=O)Nc1cc(C)ccc1Br. The van der Waals surface area contributed by atoms with Crippen LogP contribution in [0, 0.1) is 6.92 Å². The Kier molecular flexibility index (Phi) is 3.87. The molecule has 0 spiro atoms. The van der Waals surface area contributed by atoms with Crippen LogP contribution in [0.4, 0.5) is 5.69 Å². The number of halogens is 1. The smallest absolute Gasteiger partial charge is 0.259 e. The molecule has 2 aromatic rings. The summed E-state index contributed by atoms with van der Waals surface area (Å²) in [5, 5.41) is 2.88. The second-order valence-electron chi connectivity index (χ2n) is 4.05. The molecule has 1 amide bonds. The molecule has 94 valence electrons. The number of aryl methyl sites for hydroxylation is 2. The van der Waals surface area contributed by atoms with E-state index in [0.29, 0.717) is 17.7 Å². The number of amides is 1. The Bertz CT molecular complexity index is 575. The Morgan fingerprint density at radius 1 is 1.39 bits per heavy atom. The Hall–Kier alpha value is -1.55. The summed E-state index contributed by atoms with van der Waals surface area (Å²) in [5.74, 6) is 0.558. The van der Waals surface area contributed by atoms with Crippen LogP contribution in [-0.2, 0) is 6.42 Å². The van der Waals surface area contributed by atoms with Gasteiger partial charge in [-0.3, -0.25) is 4.79 Å². The van der Waals surface area contributed by atoms with Crippen molar-refractivity contribution in [3.63, 3.8) is 0 Å². The van der Waals surface area contributed by atoms with E-state index < -0.39 is 0 Å². The van der Waals surface area contributed by atoms with E-state index in [1.807, 2.05) is 32.0 Å². The molecule has 2 rings (SSSR count). The van der Waals surface area contributed by atoms with E-state index in [9.17, 15) is 4.79 Å². The fourth-order valence-corrected chi connectivity index (χ4v) is 2.09. The molecule has 0 atom stereocenters. The molecule has 0 saturated carbocycles. The van der Waals surface area contributed by atoms with Gasteiger partial charge in [-0.15, -0.1) is 0 Å². The van der Waals surface area contributed by atoms with Gasteiger partial charge in [-0.25, -0.2) is 0 Å². The summed E-state index contributed by atoms with van der Waals surface area (Å²) in [6.07, 6.45) is 2.24. The molecule has 1 N–H and O–H groups in total. The molecular formula is C14H14BrNO2. The summed E-state index contributed by atoms with van der Waals surface area (Å²) in [6.45, 7) is 3.94. The highest BCUT2D eigenvalue weighted by molar-refractivity contribution is 9.10. The Balaban J connectivity index is 2.24. The third-order valence-corrected chi connectivity index (χ3v) is 3.37. The average molecular weight is 308 g/mol. The largest absolute Gasteiger partial charge is 0.469 e. The van der Waals surface area contributed by atoms with Gasteiger partial charge in [0.15, 0.2) is 0 Å². The first-order valence-corrected chi connectivity index (χ1v) is 6.55. The third-order valence-electron chi connectivity index (χ3n) is 2.68. The van der Waals surface area contributed by atoms with Gasteiger partial charge in [-0.05, 0) is 46.6 Å². The highest BCUT2D eigenvalue weighted by Crippen LogP contribution is 2.24. The number of nitrogens with one attached hydrogen (secondary N) is 1. The van der Waals surface area contributed by atoms with Crippen molar-refractivity contribution >= 4 is 27.5 Å². The predicted molar refractivity (Wildman–Crippen MR) is 74.9 cm³/mol. The third kappa shape index (κ3) is 2.64. The predicted octanol–water partition coefficient (Wildman–Crippen LogP) is 4.17. The molecule has 0 bridgehead atoms. The second kappa shape index (κ2) is 5.40. The van der Waals surface area contributed by atoms with Gasteiger partial charge in [0.25, 0.3) is 5.91 Å². The molecule has 0 fully saturated rings. The monoisotopic (exact) mass is 307 g/mol. The molecule has 1 heterocycles. The standard InChI is InChI=1S/C14H14BrNO2/c1-3-13-10(6-7-18-13)14(17)16-12-8-9(2)4-5-11(12)15/h4-8H,3H2,1-2H3,(H,16,17). The molecule has 18 heavy (non-hydrogen) atoms. The van der Waals surface area contributed by atoms with Crippen LogP contribution in [0.5, 0.6) is 0 Å². The molecule has 0 radical (unpaired) electrons. The lowest BCUT2D eigenvalue weighted by molar-refractivity contribution is 0.102. The topological polar surface area (TPSA) is 42.2 Å². The average Bonchev–Trinajstić information content (AvgIpc) is 2.82. The van der Waals surface area contributed by atoms with E-state index in [2.05, 4.69) is 21.2 Å². The normalized spacial score (nSPS) is 10.4. The molecule has 4 heteroatoms. The lowest BCUT2D eigenvalue weighted by Crippen LogP contribution is -2.13. The molecule has 3 nitrogen and oxygen atoms in total. The van der Waals surface area contributed by atoms with Crippen molar-refractivity contribution in [2.45, 2.75) is 20.3 Å². The summed E-state index contributed by atoms with van der Waals surface area (Å²) in [5.41, 5.74) is 2.45. The Labute approximate surface area is 114 Å². The number of carbonyl (C=O) groups is 1. The Morgan fingerprint density at radius 3 is 2.89 bits per heavy atom. The maximum atomic E-state index is 12.1. The van der Waals surface area contributed by atoms with Gasteiger partial charge in [-0.1, -0.05) is 13.0 Å². The molecule has 1 aromatic heterocycles. The zero-order valence-corrected chi connectivity index (χ0v) is 11.9. The first-order chi connectivity index (χ1) is 8.61. The van der Waals surface area contributed by atoms with Crippen molar-refractivity contribution in [2.24, 2.45) is 0 Å². The highest BCUT2D eigenvalue weighted by Gasteiger charge is 2.14. The lowest BCUT2D eigenvalue weighted by atomic mass is 10.2. The van der Waals surface area contributed by atoms with E-state index >= 15 is 0 Å². The van der Waals surface area contributed by atoms with Gasteiger partial charge >= 0.3 is 0 Å². The first kappa shape index (κ1) is 12.9. The lowest BCUT2D eigenvalue weighted by Gasteiger charge is -2.08. The van der Waals surface area contributed by atoms with Gasteiger partial charge in [0.2, 0.25) is 0 Å². The number of rotatable bonds is 3. The van der Waals surface area contributed by atoms with E-state index in [4.69, 9.17) is 4.42 Å². The van der Waals surface area contributed by atoms with Crippen LogP contribution in [0.2, 0.25) is 0 Å². The van der Waals surface area contributed by atoms with Crippen molar-refractivity contribution in [1.29, 1.82) is 0 Å². The van der Waals surface area contributed by atoms with E-state index in [-0.39, 0.29) is 5.91 Å². The molecule has 0 aliphatic rings. The zero-order chi connectivity index (χ0) is 13.1. The Morgan fingerprint density at radius 2 is 2.17 bits per heavy atom. The molecule has 0 aliphatic carbocycles. The minimum Gasteiger partial charge on any atom is -0.469 e. The van der Waals surface area contributed by atoms with Crippen molar-refractivity contribution in [3.8, 4) is 0 Å². The summed E-state index contributed by atoms with van der Waals surface area (Å²) >= 11 is 3.42. The number of furan rings is 1. The maximum absolute atomic E-state index is 12.1. The van der Waals surface area contributed by atoms with Crippen LogP contribution in [0.15, 0.2) is 39.4 Å². The molecule has 1 aromatic carbocycles. The number of hydrogen-bond donors (Lipinski definition) is 1. The van der Waals surface area contributed by atoms with Crippen LogP contribution < -0.4 is 5.32 Å². The minimum atomic E-state index is -0.146. The van der Waals surface area contributed by atoms with Gasteiger partial charge < -0.3 is 9.73 Å². The maximum Gasteiger partial charge on any atom is 0.259 e. The van der Waals surface area contributed by atoms with Crippen LogP contribution >= 0.6 is 15.9 Å². The number of hydrogen-bond acceptors (Lipinski definition) is 2. The minimum absolute atomic E-state index is 0.146. The van der Waals surface area contributed by atoms with Crippen LogP contribution in [-0.4, -0.2) is 5.91 Å². The fraction of sp³-hybridized carbons (Fsp3) is 0.214. The fourth-order valence-electron chi connectivity index (χ4n) is 1.74. The van der Waals surface area contributed by atoms with Crippen LogP contribution in [0.3, 0.4) is 0 Å². The number of benzene rings is 1. The zero-order valence-electron chi connectivity index (χ0n) is 10.3. The summed E-state index contributed by atoms with van der Waals surface area (Å²) < 4.78 is 6.12. The molecular weight excluding hydrogens is 294 g/mol. The summed E-state index contributed by atoms with van der Waals surface area (Å²) in [6, 6.07) is 7.52. The van der Waals surface area contributed by atoms with Crippen LogP contribution in [0.25, 0.3) is 0 Å². The second-order valence-corrected chi connectivity index (χ2v) is 4.90. The quantitative estimate of drug-likeness (QED) is 0.925. The highest BCUT2D eigenvalue weighted by atomic mass is 79.9. The van der Waals surface area contributed by atoms with Crippen molar-refractivity contribution in [2.75, 3.05) is 5.32 Å². The van der Waals surface area contributed by atoms with Gasteiger partial charge in [-0.2, -0.15) is 0 Å². The molecule has 0 unspecified atom stereocenters. The molecule has 0 saturated heterocycles. The summed E-state index contributed by atoms with van der Waals surface area (Å²) in [7, 11) is 0. The number of anilines is 1. The van der Waals surface area contributed by atoms with Gasteiger partial charge in [0.05, 0.1) is 17.5 Å². The van der Waals surface area contributed by atoms with Crippen LogP contribution in [0.1, 0.15) is 28.6 Å². The number of carbonyl (C=O) groups excluding carboxylic acids is 1. The van der Waals surface area contributed by atoms with E-state index in [0.717, 1.165) is 15.7 Å². The van der Waals surface area contributed by atoms with E-state index in [1.165, 1.54) is 0 Å². The van der Waals surface area contributed by atoms with Crippen molar-refractivity contribution in [1.82, 2.24) is 0 Å². The van der Waals surface area contributed by atoms with Crippen molar-refractivity contribution in [3.05, 3.63) is 51.9 Å². The first-order valence-electron chi connectivity index (χ1n) is 5.75. The van der Waals surface area contributed by atoms with Gasteiger partial charge in [0, 0.05) is 10.9 Å². The summed E-state index contributed by atoms with van der Waals surface area (Å²) in [4.78, 5) is 12.1.